The fourth-order valence-electron chi connectivity index (χ4n) is 2.35. The van der Waals surface area contributed by atoms with Crippen LogP contribution in [0.5, 0.6) is 11.5 Å². The summed E-state index contributed by atoms with van der Waals surface area (Å²) in [5.74, 6) is 9.71. The Balaban J connectivity index is 2.33. The molecule has 0 unspecified atom stereocenters. The number of carbonyl (C=O) groups excluding carboxylic acids is 2. The molecule has 0 aliphatic heterocycles. The fourth-order valence-corrected chi connectivity index (χ4v) is 2.35. The summed E-state index contributed by atoms with van der Waals surface area (Å²) in [5.41, 5.74) is 0.945. The van der Waals surface area contributed by atoms with Crippen LogP contribution in [0.25, 0.3) is 0 Å². The molecule has 0 heterocycles. The number of ketones is 2. The van der Waals surface area contributed by atoms with Gasteiger partial charge < -0.3 is 9.68 Å². The van der Waals surface area contributed by atoms with Crippen LogP contribution in [0.4, 0.5) is 0 Å². The van der Waals surface area contributed by atoms with Gasteiger partial charge in [-0.25, -0.2) is 0 Å². The molecular formula is C14H10N2O4. The number of carbonyl (C=O) groups is 2. The van der Waals surface area contributed by atoms with E-state index in [0.717, 1.165) is 0 Å². The Hall–Kier alpha value is -2.70. The van der Waals surface area contributed by atoms with E-state index in [1.165, 1.54) is 12.1 Å². The molecule has 100 valence electrons. The predicted molar refractivity (Wildman–Crippen MR) is 69.4 cm³/mol. The van der Waals surface area contributed by atoms with Gasteiger partial charge in [0.15, 0.2) is 17.3 Å². The van der Waals surface area contributed by atoms with Crippen molar-refractivity contribution in [3.63, 3.8) is 0 Å². The van der Waals surface area contributed by atoms with E-state index in [-0.39, 0.29) is 34.2 Å². The SMILES string of the molecule is NOc1ccc2c(c1ON)C(=O)c1ccccc1C2=O. The Labute approximate surface area is 113 Å². The second kappa shape index (κ2) is 4.44. The van der Waals surface area contributed by atoms with Crippen molar-refractivity contribution in [2.24, 2.45) is 11.8 Å². The molecule has 3 rings (SSSR count). The van der Waals surface area contributed by atoms with Gasteiger partial charge >= 0.3 is 0 Å². The van der Waals surface area contributed by atoms with E-state index in [2.05, 4.69) is 4.84 Å². The number of rotatable bonds is 2. The summed E-state index contributed by atoms with van der Waals surface area (Å²) in [5, 5.41) is 0. The Morgan fingerprint density at radius 1 is 0.750 bits per heavy atom. The van der Waals surface area contributed by atoms with Gasteiger partial charge in [-0.2, -0.15) is 11.8 Å². The largest absolute Gasteiger partial charge is 0.407 e. The van der Waals surface area contributed by atoms with E-state index in [1.807, 2.05) is 0 Å². The van der Waals surface area contributed by atoms with Crippen LogP contribution >= 0.6 is 0 Å². The highest BCUT2D eigenvalue weighted by Crippen LogP contribution is 2.38. The Kier molecular flexibility index (Phi) is 2.74. The van der Waals surface area contributed by atoms with Crippen LogP contribution in [0.2, 0.25) is 0 Å². The molecule has 6 nitrogen and oxygen atoms in total. The van der Waals surface area contributed by atoms with Gasteiger partial charge in [0.1, 0.15) is 0 Å². The summed E-state index contributed by atoms with van der Waals surface area (Å²) in [7, 11) is 0. The van der Waals surface area contributed by atoms with Crippen molar-refractivity contribution in [2.45, 2.75) is 0 Å². The predicted octanol–water partition coefficient (Wildman–Crippen LogP) is 0.967. The lowest BCUT2D eigenvalue weighted by molar-refractivity contribution is 0.0974. The molecule has 0 aromatic heterocycles. The maximum absolute atomic E-state index is 12.5. The topological polar surface area (TPSA) is 105 Å². The summed E-state index contributed by atoms with van der Waals surface area (Å²) >= 11 is 0. The molecule has 0 bridgehead atoms. The number of fused-ring (bicyclic) bond motifs is 2. The second-order valence-electron chi connectivity index (χ2n) is 4.25. The molecule has 0 spiro atoms. The third kappa shape index (κ3) is 1.52. The zero-order valence-electron chi connectivity index (χ0n) is 10.3. The highest BCUT2D eigenvalue weighted by molar-refractivity contribution is 6.29. The zero-order valence-corrected chi connectivity index (χ0v) is 10.3. The van der Waals surface area contributed by atoms with Crippen molar-refractivity contribution in [3.05, 3.63) is 58.7 Å². The lowest BCUT2D eigenvalue weighted by atomic mass is 9.83. The normalized spacial score (nSPS) is 12.7. The van der Waals surface area contributed by atoms with Crippen molar-refractivity contribution in [2.75, 3.05) is 0 Å². The fraction of sp³-hybridized carbons (Fsp3) is 0. The van der Waals surface area contributed by atoms with E-state index in [1.54, 1.807) is 24.3 Å². The molecular weight excluding hydrogens is 260 g/mol. The standard InChI is InChI=1S/C14H10N2O4/c15-19-10-6-5-9-11(14(10)20-16)13(18)8-4-2-1-3-7(8)12(9)17/h1-6H,15-16H2. The lowest BCUT2D eigenvalue weighted by Crippen LogP contribution is -2.23. The third-order valence-corrected chi connectivity index (χ3v) is 3.25. The molecule has 0 fully saturated rings. The van der Waals surface area contributed by atoms with Crippen molar-refractivity contribution in [1.82, 2.24) is 0 Å². The first-order chi connectivity index (χ1) is 9.69. The van der Waals surface area contributed by atoms with Gasteiger partial charge in [0.25, 0.3) is 0 Å². The van der Waals surface area contributed by atoms with Gasteiger partial charge in [-0.1, -0.05) is 24.3 Å². The number of hydrogen-bond acceptors (Lipinski definition) is 6. The molecule has 1 aliphatic rings. The van der Waals surface area contributed by atoms with Crippen molar-refractivity contribution in [3.8, 4) is 11.5 Å². The minimum absolute atomic E-state index is 0.0437. The van der Waals surface area contributed by atoms with Crippen LogP contribution in [0.3, 0.4) is 0 Å². The number of hydrogen-bond donors (Lipinski definition) is 2. The number of nitrogens with two attached hydrogens (primary N) is 2. The van der Waals surface area contributed by atoms with Gasteiger partial charge in [0.2, 0.25) is 5.75 Å². The average Bonchev–Trinajstić information content (AvgIpc) is 2.51. The van der Waals surface area contributed by atoms with Crippen LogP contribution in [0.1, 0.15) is 31.8 Å². The van der Waals surface area contributed by atoms with Gasteiger partial charge in [0.05, 0.1) is 5.56 Å². The van der Waals surface area contributed by atoms with Crippen LogP contribution < -0.4 is 21.5 Å². The first kappa shape index (κ1) is 12.3. The molecule has 2 aromatic carbocycles. The van der Waals surface area contributed by atoms with Gasteiger partial charge in [-0.15, -0.1) is 0 Å². The zero-order chi connectivity index (χ0) is 14.3. The minimum Gasteiger partial charge on any atom is -0.407 e. The third-order valence-electron chi connectivity index (χ3n) is 3.25. The van der Waals surface area contributed by atoms with Crippen molar-refractivity contribution >= 4 is 11.6 Å². The van der Waals surface area contributed by atoms with E-state index < -0.39 is 0 Å². The van der Waals surface area contributed by atoms with E-state index >= 15 is 0 Å². The van der Waals surface area contributed by atoms with Crippen molar-refractivity contribution < 1.29 is 19.3 Å². The molecule has 0 radical (unpaired) electrons. The molecule has 0 saturated heterocycles. The first-order valence-electron chi connectivity index (χ1n) is 5.78. The number of benzene rings is 2. The molecule has 0 saturated carbocycles. The smallest absolute Gasteiger partial charge is 0.203 e. The molecule has 0 atom stereocenters. The van der Waals surface area contributed by atoms with E-state index in [0.29, 0.717) is 11.1 Å². The van der Waals surface area contributed by atoms with Crippen LogP contribution in [-0.2, 0) is 0 Å². The van der Waals surface area contributed by atoms with Gasteiger partial charge in [-0.3, -0.25) is 9.59 Å². The maximum atomic E-state index is 12.5. The monoisotopic (exact) mass is 270 g/mol. The summed E-state index contributed by atoms with van der Waals surface area (Å²) < 4.78 is 0. The first-order valence-corrected chi connectivity index (χ1v) is 5.78. The van der Waals surface area contributed by atoms with Crippen LogP contribution in [-0.4, -0.2) is 11.6 Å². The van der Waals surface area contributed by atoms with Gasteiger partial charge in [0, 0.05) is 16.7 Å². The molecule has 4 N–H and O–H groups in total. The molecule has 1 aliphatic carbocycles. The minimum atomic E-state index is -0.352. The highest BCUT2D eigenvalue weighted by Gasteiger charge is 2.33. The lowest BCUT2D eigenvalue weighted by Gasteiger charge is -2.20. The van der Waals surface area contributed by atoms with E-state index in [9.17, 15) is 9.59 Å². The summed E-state index contributed by atoms with van der Waals surface area (Å²) in [6.45, 7) is 0. The van der Waals surface area contributed by atoms with Crippen LogP contribution in [0, 0.1) is 0 Å². The van der Waals surface area contributed by atoms with Gasteiger partial charge in [-0.05, 0) is 12.1 Å². The highest BCUT2D eigenvalue weighted by atomic mass is 16.7. The van der Waals surface area contributed by atoms with Crippen LogP contribution in [0.15, 0.2) is 36.4 Å². The Bertz CT molecular complexity index is 740. The quantitative estimate of drug-likeness (QED) is 0.672. The maximum Gasteiger partial charge on any atom is 0.203 e. The Morgan fingerprint density at radius 2 is 1.40 bits per heavy atom. The molecule has 6 heteroatoms. The average molecular weight is 270 g/mol. The van der Waals surface area contributed by atoms with Crippen molar-refractivity contribution in [1.29, 1.82) is 0 Å². The summed E-state index contributed by atoms with van der Waals surface area (Å²) in [6, 6.07) is 9.47. The second-order valence-corrected chi connectivity index (χ2v) is 4.25. The van der Waals surface area contributed by atoms with E-state index in [4.69, 9.17) is 16.6 Å². The molecule has 20 heavy (non-hydrogen) atoms. The Morgan fingerprint density at radius 3 is 2.00 bits per heavy atom. The molecule has 0 amide bonds. The molecule has 2 aromatic rings. The summed E-state index contributed by atoms with van der Waals surface area (Å²) in [4.78, 5) is 34.2. The summed E-state index contributed by atoms with van der Waals surface area (Å²) in [6.07, 6.45) is 0.